The van der Waals surface area contributed by atoms with Gasteiger partial charge in [-0.3, -0.25) is 4.57 Å². The molecule has 26 heavy (non-hydrogen) atoms. The molecular formula is C19H19FN3O2S. The number of imidazole rings is 1. The summed E-state index contributed by atoms with van der Waals surface area (Å²) in [5.74, 6) is -0.399. The number of hydrogen-bond acceptors (Lipinski definition) is 4. The standard InChI is InChI=1S/C19H19FN3O2S/c1-3-15-17(23-10-9-22-19(23)26(2,24)25)8-7-16(18(15)20)14-6-4-5-13(11-14)12-21/h4-7,9-11H,3,12,21H2,1-2H3. The Morgan fingerprint density at radius 2 is 2.12 bits per heavy atom. The smallest absolute Gasteiger partial charge is 0.231 e. The zero-order valence-corrected chi connectivity index (χ0v) is 15.3. The van der Waals surface area contributed by atoms with Gasteiger partial charge in [-0.1, -0.05) is 25.1 Å². The number of aromatic nitrogens is 2. The Hall–Kier alpha value is -2.51. The van der Waals surface area contributed by atoms with E-state index in [1.165, 1.54) is 23.0 Å². The molecule has 5 nitrogen and oxygen atoms in total. The van der Waals surface area contributed by atoms with Crippen LogP contribution in [0.15, 0.2) is 47.9 Å². The maximum absolute atomic E-state index is 15.2. The summed E-state index contributed by atoms with van der Waals surface area (Å²) in [6.45, 7) is 2.18. The summed E-state index contributed by atoms with van der Waals surface area (Å²) in [5, 5.41) is -0.138. The molecule has 1 radical (unpaired) electrons. The van der Waals surface area contributed by atoms with Gasteiger partial charge in [0, 0.05) is 42.4 Å². The van der Waals surface area contributed by atoms with Gasteiger partial charge >= 0.3 is 0 Å². The highest BCUT2D eigenvalue weighted by Crippen LogP contribution is 2.30. The van der Waals surface area contributed by atoms with Crippen LogP contribution in [0.5, 0.6) is 0 Å². The molecule has 7 heteroatoms. The molecule has 135 valence electrons. The van der Waals surface area contributed by atoms with Crippen molar-refractivity contribution in [1.82, 2.24) is 9.55 Å². The highest BCUT2D eigenvalue weighted by Gasteiger charge is 2.21. The lowest BCUT2D eigenvalue weighted by molar-refractivity contribution is 0.587. The second-order valence-corrected chi connectivity index (χ2v) is 7.86. The average Bonchev–Trinajstić information content (AvgIpc) is 3.11. The fourth-order valence-electron chi connectivity index (χ4n) is 2.91. The van der Waals surface area contributed by atoms with Gasteiger partial charge in [0.1, 0.15) is 5.82 Å². The third-order valence-corrected chi connectivity index (χ3v) is 5.11. The monoisotopic (exact) mass is 372 g/mol. The minimum Gasteiger partial charge on any atom is -0.326 e. The van der Waals surface area contributed by atoms with E-state index in [1.54, 1.807) is 0 Å². The largest absolute Gasteiger partial charge is 0.326 e. The van der Waals surface area contributed by atoms with E-state index in [9.17, 15) is 8.42 Å². The van der Waals surface area contributed by atoms with Crippen LogP contribution in [0.2, 0.25) is 0 Å². The van der Waals surface area contributed by atoms with Crippen LogP contribution in [0.4, 0.5) is 4.39 Å². The third kappa shape index (κ3) is 3.27. The molecule has 3 rings (SSSR count). The SMILES string of the molecule is CCc1c(-n2ccnc2S(C)(=O)=O)[c]cc(-c2cccc(CN)c2)c1F. The van der Waals surface area contributed by atoms with Crippen molar-refractivity contribution in [3.05, 3.63) is 65.7 Å². The van der Waals surface area contributed by atoms with E-state index < -0.39 is 15.7 Å². The van der Waals surface area contributed by atoms with Crippen molar-refractivity contribution in [2.24, 2.45) is 5.73 Å². The minimum atomic E-state index is -3.55. The van der Waals surface area contributed by atoms with E-state index in [-0.39, 0.29) is 5.16 Å². The molecular weight excluding hydrogens is 353 g/mol. The number of rotatable bonds is 5. The summed E-state index contributed by atoms with van der Waals surface area (Å²) in [7, 11) is -3.55. The topological polar surface area (TPSA) is 78.0 Å². The van der Waals surface area contributed by atoms with Crippen molar-refractivity contribution in [3.63, 3.8) is 0 Å². The van der Waals surface area contributed by atoms with E-state index in [0.717, 1.165) is 11.8 Å². The fraction of sp³-hybridized carbons (Fsp3) is 0.211. The molecule has 0 unspecified atom stereocenters. The number of sulfone groups is 1. The lowest BCUT2D eigenvalue weighted by Gasteiger charge is -2.15. The number of halogens is 1. The van der Waals surface area contributed by atoms with Crippen LogP contribution in [-0.4, -0.2) is 24.2 Å². The van der Waals surface area contributed by atoms with Gasteiger partial charge in [-0.05, 0) is 29.7 Å². The van der Waals surface area contributed by atoms with Gasteiger partial charge in [-0.25, -0.2) is 17.8 Å². The van der Waals surface area contributed by atoms with Crippen molar-refractivity contribution in [1.29, 1.82) is 0 Å². The maximum Gasteiger partial charge on any atom is 0.231 e. The molecule has 2 N–H and O–H groups in total. The van der Waals surface area contributed by atoms with Crippen LogP contribution in [-0.2, 0) is 22.8 Å². The molecule has 0 aliphatic heterocycles. The zero-order chi connectivity index (χ0) is 18.9. The van der Waals surface area contributed by atoms with Crippen molar-refractivity contribution >= 4 is 9.84 Å². The summed E-state index contributed by atoms with van der Waals surface area (Å²) in [6, 6.07) is 11.9. The van der Waals surface area contributed by atoms with Crippen LogP contribution < -0.4 is 5.73 Å². The molecule has 0 aliphatic rings. The summed E-state index contributed by atoms with van der Waals surface area (Å²) < 4.78 is 40.5. The first-order valence-corrected chi connectivity index (χ1v) is 10.0. The Labute approximate surface area is 152 Å². The lowest BCUT2D eigenvalue weighted by atomic mass is 9.98. The highest BCUT2D eigenvalue weighted by atomic mass is 32.2. The van der Waals surface area contributed by atoms with Gasteiger partial charge in [-0.15, -0.1) is 0 Å². The Kier molecular flexibility index (Phi) is 4.93. The quantitative estimate of drug-likeness (QED) is 0.747. The second kappa shape index (κ2) is 7.01. The number of benzene rings is 2. The molecule has 0 atom stereocenters. The Balaban J connectivity index is 2.20. The van der Waals surface area contributed by atoms with Crippen molar-refractivity contribution in [3.8, 4) is 16.8 Å². The Bertz CT molecular complexity index is 1060. The van der Waals surface area contributed by atoms with E-state index in [4.69, 9.17) is 5.73 Å². The number of nitrogens with two attached hydrogens (primary N) is 1. The molecule has 0 saturated carbocycles. The predicted octanol–water partition coefficient (Wildman–Crippen LogP) is 2.90. The maximum atomic E-state index is 15.2. The Morgan fingerprint density at radius 3 is 2.77 bits per heavy atom. The molecule has 1 heterocycles. The van der Waals surface area contributed by atoms with E-state index in [0.29, 0.717) is 35.3 Å². The van der Waals surface area contributed by atoms with Crippen LogP contribution in [0.1, 0.15) is 18.1 Å². The molecule has 2 aromatic carbocycles. The molecule has 0 saturated heterocycles. The first-order valence-electron chi connectivity index (χ1n) is 8.13. The van der Waals surface area contributed by atoms with Gasteiger partial charge < -0.3 is 5.73 Å². The van der Waals surface area contributed by atoms with Gasteiger partial charge in [0.2, 0.25) is 15.0 Å². The molecule has 1 aromatic heterocycles. The normalized spacial score (nSPS) is 11.7. The summed E-state index contributed by atoms with van der Waals surface area (Å²) >= 11 is 0. The van der Waals surface area contributed by atoms with E-state index >= 15 is 4.39 Å². The van der Waals surface area contributed by atoms with Crippen LogP contribution in [0, 0.1) is 11.9 Å². The highest BCUT2D eigenvalue weighted by molar-refractivity contribution is 7.90. The first kappa shape index (κ1) is 18.3. The summed E-state index contributed by atoms with van der Waals surface area (Å²) in [4.78, 5) is 3.89. The van der Waals surface area contributed by atoms with Crippen molar-refractivity contribution in [2.75, 3.05) is 6.26 Å². The molecule has 0 bridgehead atoms. The van der Waals surface area contributed by atoms with E-state index in [1.807, 2.05) is 31.2 Å². The Morgan fingerprint density at radius 1 is 1.35 bits per heavy atom. The molecule has 0 spiro atoms. The fourth-order valence-corrected chi connectivity index (χ4v) is 3.67. The van der Waals surface area contributed by atoms with Gasteiger partial charge in [0.05, 0.1) is 5.69 Å². The van der Waals surface area contributed by atoms with Crippen molar-refractivity contribution in [2.45, 2.75) is 25.0 Å². The molecule has 0 aliphatic carbocycles. The molecule has 0 fully saturated rings. The van der Waals surface area contributed by atoms with Crippen LogP contribution in [0.3, 0.4) is 0 Å². The van der Waals surface area contributed by atoms with Crippen LogP contribution in [0.25, 0.3) is 16.8 Å². The zero-order valence-electron chi connectivity index (χ0n) is 14.5. The number of nitrogens with zero attached hydrogens (tertiary/aromatic N) is 2. The predicted molar refractivity (Wildman–Crippen MR) is 98.2 cm³/mol. The van der Waals surface area contributed by atoms with Crippen molar-refractivity contribution < 1.29 is 12.8 Å². The van der Waals surface area contributed by atoms with Gasteiger partial charge in [-0.2, -0.15) is 0 Å². The lowest BCUT2D eigenvalue weighted by Crippen LogP contribution is -2.10. The van der Waals surface area contributed by atoms with Gasteiger partial charge in [0.15, 0.2) is 0 Å². The summed E-state index contributed by atoms with van der Waals surface area (Å²) in [5.41, 5.74) is 8.41. The first-order chi connectivity index (χ1) is 12.4. The second-order valence-electron chi connectivity index (χ2n) is 5.95. The third-order valence-electron chi connectivity index (χ3n) is 4.15. The van der Waals surface area contributed by atoms with Crippen LogP contribution >= 0.6 is 0 Å². The minimum absolute atomic E-state index is 0.138. The summed E-state index contributed by atoms with van der Waals surface area (Å²) in [6.07, 6.45) is 4.32. The van der Waals surface area contributed by atoms with Gasteiger partial charge in [0.25, 0.3) is 0 Å². The number of hydrogen-bond donors (Lipinski definition) is 1. The molecule has 0 amide bonds. The average molecular weight is 372 g/mol. The molecule has 3 aromatic rings. The van der Waals surface area contributed by atoms with E-state index in [2.05, 4.69) is 11.1 Å².